The quantitative estimate of drug-likeness (QED) is 0.685. The Bertz CT molecular complexity index is 1010. The van der Waals surface area contributed by atoms with Crippen molar-refractivity contribution in [3.63, 3.8) is 0 Å². The molecule has 0 saturated heterocycles. The van der Waals surface area contributed by atoms with E-state index in [1.807, 2.05) is 35.4 Å². The fourth-order valence-electron chi connectivity index (χ4n) is 4.20. The van der Waals surface area contributed by atoms with Gasteiger partial charge in [0.05, 0.1) is 17.4 Å². The number of fused-ring (bicyclic) bond motifs is 2. The van der Waals surface area contributed by atoms with Crippen molar-refractivity contribution < 1.29 is 4.79 Å². The summed E-state index contributed by atoms with van der Waals surface area (Å²) < 4.78 is 0. The van der Waals surface area contributed by atoms with Gasteiger partial charge in [0.2, 0.25) is 0 Å². The second kappa shape index (κ2) is 6.54. The van der Waals surface area contributed by atoms with E-state index < -0.39 is 0 Å². The van der Waals surface area contributed by atoms with Crippen molar-refractivity contribution in [2.45, 2.75) is 19.3 Å². The number of carbonyl (C=O) groups is 1. The summed E-state index contributed by atoms with van der Waals surface area (Å²) in [4.78, 5) is 21.8. The van der Waals surface area contributed by atoms with Gasteiger partial charge in [0.1, 0.15) is 0 Å². The summed E-state index contributed by atoms with van der Waals surface area (Å²) in [5.74, 6) is 0.0315. The molecule has 0 aliphatic carbocycles. The molecule has 27 heavy (non-hydrogen) atoms. The van der Waals surface area contributed by atoms with Crippen LogP contribution >= 0.6 is 0 Å². The molecule has 5 rings (SSSR count). The van der Waals surface area contributed by atoms with Gasteiger partial charge in [-0.1, -0.05) is 36.4 Å². The van der Waals surface area contributed by atoms with E-state index in [-0.39, 0.29) is 5.91 Å². The van der Waals surface area contributed by atoms with Gasteiger partial charge < -0.3 is 9.80 Å². The molecular formula is C23H21N3O. The third-order valence-corrected chi connectivity index (χ3v) is 5.52. The Labute approximate surface area is 159 Å². The third kappa shape index (κ3) is 2.78. The molecule has 0 spiro atoms. The lowest BCUT2D eigenvalue weighted by molar-refractivity contribution is 0.0985. The first-order valence-corrected chi connectivity index (χ1v) is 9.51. The van der Waals surface area contributed by atoms with E-state index in [1.54, 1.807) is 6.20 Å². The van der Waals surface area contributed by atoms with Gasteiger partial charge in [0.25, 0.3) is 5.91 Å². The summed E-state index contributed by atoms with van der Waals surface area (Å²) >= 11 is 0. The topological polar surface area (TPSA) is 36.4 Å². The molecular weight excluding hydrogens is 334 g/mol. The van der Waals surface area contributed by atoms with Crippen molar-refractivity contribution in [2.24, 2.45) is 0 Å². The van der Waals surface area contributed by atoms with Gasteiger partial charge in [0, 0.05) is 30.7 Å². The molecule has 0 unspecified atom stereocenters. The molecule has 1 aromatic heterocycles. The van der Waals surface area contributed by atoms with Crippen molar-refractivity contribution >= 4 is 23.0 Å². The summed E-state index contributed by atoms with van der Waals surface area (Å²) in [5, 5.41) is 0. The van der Waals surface area contributed by atoms with Crippen LogP contribution < -0.4 is 9.80 Å². The number of aromatic nitrogens is 1. The summed E-state index contributed by atoms with van der Waals surface area (Å²) in [6.07, 6.45) is 6.58. The molecule has 4 heteroatoms. The lowest BCUT2D eigenvalue weighted by Gasteiger charge is -2.29. The van der Waals surface area contributed by atoms with E-state index in [0.29, 0.717) is 5.56 Å². The predicted molar refractivity (Wildman–Crippen MR) is 108 cm³/mol. The van der Waals surface area contributed by atoms with Crippen LogP contribution in [0.5, 0.6) is 0 Å². The van der Waals surface area contributed by atoms with Gasteiger partial charge in [-0.2, -0.15) is 0 Å². The monoisotopic (exact) mass is 355 g/mol. The van der Waals surface area contributed by atoms with Gasteiger partial charge in [-0.25, -0.2) is 0 Å². The number of benzene rings is 2. The van der Waals surface area contributed by atoms with Crippen LogP contribution in [0.25, 0.3) is 0 Å². The van der Waals surface area contributed by atoms with Gasteiger partial charge in [-0.15, -0.1) is 0 Å². The Morgan fingerprint density at radius 2 is 1.59 bits per heavy atom. The van der Waals surface area contributed by atoms with Gasteiger partial charge >= 0.3 is 0 Å². The average Bonchev–Trinajstić information content (AvgIpc) is 3.17. The largest absolute Gasteiger partial charge is 0.340 e. The number of para-hydroxylation sites is 2. The molecule has 0 saturated carbocycles. The Balaban J connectivity index is 1.48. The van der Waals surface area contributed by atoms with Crippen molar-refractivity contribution in [3.8, 4) is 0 Å². The van der Waals surface area contributed by atoms with E-state index in [0.717, 1.165) is 43.7 Å². The van der Waals surface area contributed by atoms with E-state index in [4.69, 9.17) is 0 Å². The molecule has 0 bridgehead atoms. The van der Waals surface area contributed by atoms with Crippen LogP contribution in [-0.2, 0) is 12.8 Å². The first-order valence-electron chi connectivity index (χ1n) is 9.51. The van der Waals surface area contributed by atoms with Crippen LogP contribution in [0, 0.1) is 0 Å². The standard InChI is InChI=1S/C23H21N3O/c27-23(26-12-5-8-17-6-1-4-10-22(17)26)19-14-20(16-24-15-19)25-13-11-18-7-2-3-9-21(18)25/h1-4,6-7,9-10,14-16H,5,8,11-13H2. The fraction of sp³-hybridized carbons (Fsp3) is 0.217. The minimum atomic E-state index is 0.0315. The van der Waals surface area contributed by atoms with E-state index in [2.05, 4.69) is 40.2 Å². The summed E-state index contributed by atoms with van der Waals surface area (Å²) in [7, 11) is 0. The highest BCUT2D eigenvalue weighted by Gasteiger charge is 2.25. The molecule has 1 amide bonds. The van der Waals surface area contributed by atoms with Gasteiger partial charge in [-0.05, 0) is 48.6 Å². The van der Waals surface area contributed by atoms with Crippen molar-refractivity contribution in [1.29, 1.82) is 0 Å². The van der Waals surface area contributed by atoms with Gasteiger partial charge in [-0.3, -0.25) is 9.78 Å². The lowest BCUT2D eigenvalue weighted by Crippen LogP contribution is -2.35. The maximum absolute atomic E-state index is 13.2. The lowest BCUT2D eigenvalue weighted by atomic mass is 10.0. The minimum absolute atomic E-state index is 0.0315. The zero-order valence-corrected chi connectivity index (χ0v) is 15.1. The Hall–Kier alpha value is -3.14. The zero-order chi connectivity index (χ0) is 18.2. The predicted octanol–water partition coefficient (Wildman–Crippen LogP) is 4.37. The molecule has 4 nitrogen and oxygen atoms in total. The van der Waals surface area contributed by atoms with E-state index >= 15 is 0 Å². The first-order chi connectivity index (χ1) is 13.3. The van der Waals surface area contributed by atoms with Crippen LogP contribution in [-0.4, -0.2) is 24.0 Å². The maximum atomic E-state index is 13.2. The first kappa shape index (κ1) is 16.1. The van der Waals surface area contributed by atoms with Crippen LogP contribution in [0.1, 0.15) is 27.9 Å². The molecule has 0 N–H and O–H groups in total. The van der Waals surface area contributed by atoms with E-state index in [1.165, 1.54) is 16.8 Å². The van der Waals surface area contributed by atoms with Gasteiger partial charge in [0.15, 0.2) is 0 Å². The molecule has 2 aliphatic heterocycles. The number of aryl methyl sites for hydroxylation is 1. The minimum Gasteiger partial charge on any atom is -0.340 e. The molecule has 0 radical (unpaired) electrons. The van der Waals surface area contributed by atoms with Crippen LogP contribution in [0.4, 0.5) is 17.1 Å². The molecule has 0 atom stereocenters. The highest BCUT2D eigenvalue weighted by Crippen LogP contribution is 2.34. The number of amides is 1. The number of hydrogen-bond donors (Lipinski definition) is 0. The number of pyridine rings is 1. The second-order valence-corrected chi connectivity index (χ2v) is 7.15. The summed E-state index contributed by atoms with van der Waals surface area (Å²) in [6, 6.07) is 18.6. The summed E-state index contributed by atoms with van der Waals surface area (Å²) in [6.45, 7) is 1.68. The number of rotatable bonds is 2. The van der Waals surface area contributed by atoms with Crippen LogP contribution in [0.3, 0.4) is 0 Å². The molecule has 0 fully saturated rings. The average molecular weight is 355 g/mol. The van der Waals surface area contributed by atoms with E-state index in [9.17, 15) is 4.79 Å². The molecule has 2 aliphatic rings. The smallest absolute Gasteiger partial charge is 0.259 e. The van der Waals surface area contributed by atoms with Crippen LogP contribution in [0.2, 0.25) is 0 Å². The molecule has 2 aromatic carbocycles. The third-order valence-electron chi connectivity index (χ3n) is 5.52. The Morgan fingerprint density at radius 3 is 2.44 bits per heavy atom. The molecule has 3 aromatic rings. The zero-order valence-electron chi connectivity index (χ0n) is 15.1. The normalized spacial score (nSPS) is 15.4. The Kier molecular flexibility index (Phi) is 3.89. The number of carbonyl (C=O) groups excluding carboxylic acids is 1. The van der Waals surface area contributed by atoms with Crippen molar-refractivity contribution in [2.75, 3.05) is 22.9 Å². The highest BCUT2D eigenvalue weighted by molar-refractivity contribution is 6.07. The SMILES string of the molecule is O=C(c1cncc(N2CCc3ccccc32)c1)N1CCCc2ccccc21. The number of nitrogens with zero attached hydrogens (tertiary/aromatic N) is 3. The Morgan fingerprint density at radius 1 is 0.852 bits per heavy atom. The highest BCUT2D eigenvalue weighted by atomic mass is 16.2. The second-order valence-electron chi connectivity index (χ2n) is 7.15. The maximum Gasteiger partial charge on any atom is 0.259 e. The van der Waals surface area contributed by atoms with Crippen LogP contribution in [0.15, 0.2) is 67.0 Å². The molecule has 3 heterocycles. The molecule has 134 valence electrons. The number of hydrogen-bond acceptors (Lipinski definition) is 3. The fourth-order valence-corrected chi connectivity index (χ4v) is 4.20. The summed E-state index contributed by atoms with van der Waals surface area (Å²) in [5.41, 5.74) is 6.47. The van der Waals surface area contributed by atoms with Crippen molar-refractivity contribution in [3.05, 3.63) is 83.7 Å². The van der Waals surface area contributed by atoms with Crippen molar-refractivity contribution in [1.82, 2.24) is 4.98 Å². The number of anilines is 3.